The van der Waals surface area contributed by atoms with Crippen molar-refractivity contribution >= 4 is 0 Å². The first kappa shape index (κ1) is 14.3. The quantitative estimate of drug-likeness (QED) is 0.757. The minimum absolute atomic E-state index is 0.272. The van der Waals surface area contributed by atoms with Gasteiger partial charge in [-0.2, -0.15) is 0 Å². The molecular weight excluding hydrogens is 251 g/mol. The zero-order valence-electron chi connectivity index (χ0n) is 12.5. The summed E-state index contributed by atoms with van der Waals surface area (Å²) < 4.78 is 13.2. The van der Waals surface area contributed by atoms with Crippen LogP contribution in [0.4, 0.5) is 4.39 Å². The van der Waals surface area contributed by atoms with Gasteiger partial charge in [-0.1, -0.05) is 44.4 Å². The number of aliphatic hydroxyl groups is 1. The summed E-state index contributed by atoms with van der Waals surface area (Å²) in [6.45, 7) is 2.26. The zero-order chi connectivity index (χ0) is 14.1. The van der Waals surface area contributed by atoms with E-state index in [1.54, 1.807) is 6.08 Å². The molecule has 3 aliphatic carbocycles. The molecule has 112 valence electrons. The standard InChI is InChI=1S/C18H27FO/c1-2-12-10-17(14-6-8-15(19)9-7-14)18(20)11-16(12)13-4-3-5-13/h6,8,10,12-16,18,20H,2-5,7,9,11H2,1H3. The maximum absolute atomic E-state index is 13.2. The van der Waals surface area contributed by atoms with Crippen LogP contribution in [0.2, 0.25) is 0 Å². The van der Waals surface area contributed by atoms with E-state index in [2.05, 4.69) is 13.0 Å². The van der Waals surface area contributed by atoms with Crippen molar-refractivity contribution in [3.8, 4) is 0 Å². The first-order valence-electron chi connectivity index (χ1n) is 8.41. The normalized spacial score (nSPS) is 42.1. The molecule has 0 heterocycles. The molecule has 0 aliphatic heterocycles. The fraction of sp³-hybridized carbons (Fsp3) is 0.778. The predicted octanol–water partition coefficient (Wildman–Crippen LogP) is 4.42. The van der Waals surface area contributed by atoms with Crippen LogP contribution in [-0.4, -0.2) is 17.4 Å². The van der Waals surface area contributed by atoms with Crippen molar-refractivity contribution in [1.82, 2.24) is 0 Å². The van der Waals surface area contributed by atoms with Crippen LogP contribution in [0.15, 0.2) is 23.8 Å². The van der Waals surface area contributed by atoms with Crippen LogP contribution in [0, 0.1) is 23.7 Å². The van der Waals surface area contributed by atoms with Gasteiger partial charge in [-0.3, -0.25) is 0 Å². The van der Waals surface area contributed by atoms with E-state index >= 15 is 0 Å². The van der Waals surface area contributed by atoms with Gasteiger partial charge in [0.1, 0.15) is 6.17 Å². The summed E-state index contributed by atoms with van der Waals surface area (Å²) >= 11 is 0. The molecule has 0 spiro atoms. The van der Waals surface area contributed by atoms with Gasteiger partial charge in [-0.15, -0.1) is 0 Å². The second-order valence-corrected chi connectivity index (χ2v) is 6.93. The highest BCUT2D eigenvalue weighted by atomic mass is 19.1. The maximum Gasteiger partial charge on any atom is 0.118 e. The molecule has 3 aliphatic rings. The Bertz CT molecular complexity index is 396. The molecule has 0 saturated heterocycles. The molecule has 0 bridgehead atoms. The number of hydrogen-bond acceptors (Lipinski definition) is 1. The van der Waals surface area contributed by atoms with E-state index < -0.39 is 6.17 Å². The van der Waals surface area contributed by atoms with Gasteiger partial charge >= 0.3 is 0 Å². The smallest absolute Gasteiger partial charge is 0.118 e. The average Bonchev–Trinajstić information content (AvgIpc) is 2.38. The highest BCUT2D eigenvalue weighted by molar-refractivity contribution is 5.24. The summed E-state index contributed by atoms with van der Waals surface area (Å²) in [6, 6.07) is 0. The lowest BCUT2D eigenvalue weighted by Gasteiger charge is -2.43. The minimum Gasteiger partial charge on any atom is -0.389 e. The van der Waals surface area contributed by atoms with Crippen molar-refractivity contribution in [2.75, 3.05) is 0 Å². The zero-order valence-corrected chi connectivity index (χ0v) is 12.5. The summed E-state index contributed by atoms with van der Waals surface area (Å²) in [6.07, 6.45) is 12.6. The Morgan fingerprint density at radius 2 is 2.00 bits per heavy atom. The summed E-state index contributed by atoms with van der Waals surface area (Å²) in [5.41, 5.74) is 1.18. The molecule has 0 radical (unpaired) electrons. The number of alkyl halides is 1. The SMILES string of the molecule is CCC1C=C(C2C=CC(F)CC2)C(O)CC1C1CCC1. The Labute approximate surface area is 122 Å². The number of rotatable bonds is 3. The summed E-state index contributed by atoms with van der Waals surface area (Å²) in [4.78, 5) is 0. The number of aliphatic hydroxyl groups excluding tert-OH is 1. The van der Waals surface area contributed by atoms with Crippen LogP contribution in [0.25, 0.3) is 0 Å². The first-order valence-corrected chi connectivity index (χ1v) is 8.41. The molecule has 0 aromatic carbocycles. The van der Waals surface area contributed by atoms with Gasteiger partial charge in [-0.05, 0) is 49.0 Å². The molecule has 20 heavy (non-hydrogen) atoms. The third kappa shape index (κ3) is 2.72. The van der Waals surface area contributed by atoms with Gasteiger partial charge in [-0.25, -0.2) is 4.39 Å². The van der Waals surface area contributed by atoms with Crippen molar-refractivity contribution < 1.29 is 9.50 Å². The van der Waals surface area contributed by atoms with Crippen molar-refractivity contribution in [1.29, 1.82) is 0 Å². The largest absolute Gasteiger partial charge is 0.389 e. The van der Waals surface area contributed by atoms with Crippen LogP contribution >= 0.6 is 0 Å². The van der Waals surface area contributed by atoms with E-state index in [0.717, 1.165) is 18.8 Å². The number of halogens is 1. The highest BCUT2D eigenvalue weighted by Crippen LogP contribution is 2.46. The van der Waals surface area contributed by atoms with Crippen molar-refractivity contribution in [2.24, 2.45) is 23.7 Å². The van der Waals surface area contributed by atoms with Crippen molar-refractivity contribution in [3.63, 3.8) is 0 Å². The third-order valence-corrected chi connectivity index (χ3v) is 5.80. The molecule has 1 N–H and O–H groups in total. The topological polar surface area (TPSA) is 20.2 Å². The molecule has 0 amide bonds. The molecule has 5 atom stereocenters. The van der Waals surface area contributed by atoms with Gasteiger partial charge in [0, 0.05) is 5.92 Å². The van der Waals surface area contributed by atoms with Gasteiger partial charge in [0.25, 0.3) is 0 Å². The van der Waals surface area contributed by atoms with Crippen molar-refractivity contribution in [3.05, 3.63) is 23.8 Å². The van der Waals surface area contributed by atoms with E-state index in [1.165, 1.54) is 31.3 Å². The molecule has 1 saturated carbocycles. The Hall–Kier alpha value is -0.630. The fourth-order valence-corrected chi connectivity index (χ4v) is 4.32. The minimum atomic E-state index is -0.780. The van der Waals surface area contributed by atoms with Crippen LogP contribution < -0.4 is 0 Å². The molecule has 0 aromatic heterocycles. The molecular formula is C18H27FO. The summed E-state index contributed by atoms with van der Waals surface area (Å²) in [7, 11) is 0. The van der Waals surface area contributed by atoms with E-state index in [4.69, 9.17) is 0 Å². The molecule has 2 heteroatoms. The van der Waals surface area contributed by atoms with Crippen LogP contribution in [0.5, 0.6) is 0 Å². The van der Waals surface area contributed by atoms with Gasteiger partial charge in [0.05, 0.1) is 6.10 Å². The Kier molecular flexibility index (Phi) is 4.30. The van der Waals surface area contributed by atoms with Crippen LogP contribution in [-0.2, 0) is 0 Å². The average molecular weight is 278 g/mol. The molecule has 1 nitrogen and oxygen atoms in total. The summed E-state index contributed by atoms with van der Waals surface area (Å²) in [5.74, 6) is 2.40. The predicted molar refractivity (Wildman–Crippen MR) is 80.1 cm³/mol. The monoisotopic (exact) mass is 278 g/mol. The van der Waals surface area contributed by atoms with Gasteiger partial charge in [0.15, 0.2) is 0 Å². The molecule has 5 unspecified atom stereocenters. The van der Waals surface area contributed by atoms with Crippen LogP contribution in [0.1, 0.15) is 51.9 Å². The number of hydrogen-bond donors (Lipinski definition) is 1. The van der Waals surface area contributed by atoms with Gasteiger partial charge < -0.3 is 5.11 Å². The van der Waals surface area contributed by atoms with Crippen molar-refractivity contribution in [2.45, 2.75) is 64.1 Å². The second kappa shape index (κ2) is 6.01. The first-order chi connectivity index (χ1) is 9.69. The third-order valence-electron chi connectivity index (χ3n) is 5.80. The van der Waals surface area contributed by atoms with E-state index in [1.807, 2.05) is 6.08 Å². The Morgan fingerprint density at radius 1 is 1.20 bits per heavy atom. The second-order valence-electron chi connectivity index (χ2n) is 6.93. The fourth-order valence-electron chi connectivity index (χ4n) is 4.32. The van der Waals surface area contributed by atoms with E-state index in [-0.39, 0.29) is 12.0 Å². The molecule has 3 rings (SSSR count). The van der Waals surface area contributed by atoms with Gasteiger partial charge in [0.2, 0.25) is 0 Å². The molecule has 1 fully saturated rings. The maximum atomic E-state index is 13.2. The lowest BCUT2D eigenvalue weighted by molar-refractivity contribution is 0.0752. The summed E-state index contributed by atoms with van der Waals surface area (Å²) in [5, 5.41) is 10.5. The Morgan fingerprint density at radius 3 is 2.55 bits per heavy atom. The van der Waals surface area contributed by atoms with E-state index in [0.29, 0.717) is 18.3 Å². The van der Waals surface area contributed by atoms with E-state index in [9.17, 15) is 9.50 Å². The highest BCUT2D eigenvalue weighted by Gasteiger charge is 2.38. The Balaban J connectivity index is 1.76. The lowest BCUT2D eigenvalue weighted by Crippen LogP contribution is -2.36. The molecule has 0 aromatic rings. The van der Waals surface area contributed by atoms with Crippen LogP contribution in [0.3, 0.4) is 0 Å². The number of allylic oxidation sites excluding steroid dienone is 3. The lowest BCUT2D eigenvalue weighted by atomic mass is 9.63.